The summed E-state index contributed by atoms with van der Waals surface area (Å²) in [6, 6.07) is 2.36. The van der Waals surface area contributed by atoms with E-state index in [4.69, 9.17) is 0 Å². The van der Waals surface area contributed by atoms with Gasteiger partial charge in [0.1, 0.15) is 17.0 Å². The summed E-state index contributed by atoms with van der Waals surface area (Å²) in [6.07, 6.45) is -4.18. The number of amides is 1. The van der Waals surface area contributed by atoms with E-state index >= 15 is 0 Å². The number of aromatic nitrogens is 3. The quantitative estimate of drug-likeness (QED) is 0.843. The Kier molecular flexibility index (Phi) is 4.38. The number of hydrogen-bond donors (Lipinski definition) is 1. The van der Waals surface area contributed by atoms with Crippen LogP contribution in [0.3, 0.4) is 0 Å². The van der Waals surface area contributed by atoms with Crippen LogP contribution in [0, 0.1) is 0 Å². The fourth-order valence-electron chi connectivity index (χ4n) is 1.61. The molecule has 0 unspecified atom stereocenters. The maximum atomic E-state index is 12.3. The second-order valence-electron chi connectivity index (χ2n) is 4.34. The number of rotatable bonds is 3. The lowest BCUT2D eigenvalue weighted by molar-refractivity contribution is -0.275. The van der Waals surface area contributed by atoms with Crippen molar-refractivity contribution in [1.82, 2.24) is 19.1 Å². The topological polar surface area (TPSA) is 112 Å². The Bertz CT molecular complexity index is 932. The Morgan fingerprint density at radius 1 is 1.29 bits per heavy atom. The molecule has 0 aliphatic carbocycles. The summed E-state index contributed by atoms with van der Waals surface area (Å²) in [7, 11) is -3.49. The van der Waals surface area contributed by atoms with Gasteiger partial charge in [-0.2, -0.15) is 0 Å². The number of alkyl halides is 3. The van der Waals surface area contributed by atoms with Crippen molar-refractivity contribution < 1.29 is 31.1 Å². The van der Waals surface area contributed by atoms with Crippen LogP contribution in [-0.2, 0) is 17.1 Å². The Morgan fingerprint density at radius 2 is 1.92 bits per heavy atom. The molecule has 0 saturated heterocycles. The number of halogens is 3. The standard InChI is InChI=1S/C11H9F3N4O5S/c1-17-6-15-18(10(17)20)9(19)16-24(21,22)8-5-3-2-4-7(8)23-11(12,13)14/h2-6H,1H3,(H,16,19). The summed E-state index contributed by atoms with van der Waals surface area (Å²) < 4.78 is 67.4. The van der Waals surface area contributed by atoms with Gasteiger partial charge in [0, 0.05) is 7.05 Å². The first-order valence-corrected chi connectivity index (χ1v) is 7.52. The normalized spacial score (nSPS) is 12.0. The number of carbonyl (C=O) groups excluding carboxylic acids is 1. The molecule has 0 aliphatic rings. The van der Waals surface area contributed by atoms with Gasteiger partial charge in [0.2, 0.25) is 0 Å². The minimum Gasteiger partial charge on any atom is -0.404 e. The molecular weight excluding hydrogens is 357 g/mol. The monoisotopic (exact) mass is 366 g/mol. The van der Waals surface area contributed by atoms with Crippen molar-refractivity contribution >= 4 is 16.1 Å². The van der Waals surface area contributed by atoms with Crippen LogP contribution in [0.1, 0.15) is 0 Å². The predicted molar refractivity (Wildman–Crippen MR) is 71.7 cm³/mol. The molecule has 24 heavy (non-hydrogen) atoms. The first-order valence-electron chi connectivity index (χ1n) is 6.04. The number of carbonyl (C=O) groups is 1. The number of nitrogens with zero attached hydrogens (tertiary/aromatic N) is 3. The molecule has 0 spiro atoms. The number of sulfonamides is 1. The zero-order valence-electron chi connectivity index (χ0n) is 11.8. The third-order valence-electron chi connectivity index (χ3n) is 2.60. The molecule has 2 rings (SSSR count). The van der Waals surface area contributed by atoms with E-state index in [1.807, 2.05) is 0 Å². The predicted octanol–water partition coefficient (Wildman–Crippen LogP) is 0.427. The lowest BCUT2D eigenvalue weighted by atomic mass is 10.3. The van der Waals surface area contributed by atoms with Crippen LogP contribution >= 0.6 is 0 Å². The molecule has 9 nitrogen and oxygen atoms in total. The van der Waals surface area contributed by atoms with Crippen LogP contribution < -0.4 is 15.1 Å². The maximum absolute atomic E-state index is 12.3. The number of benzene rings is 1. The smallest absolute Gasteiger partial charge is 0.404 e. The van der Waals surface area contributed by atoms with Crippen molar-refractivity contribution in [2.24, 2.45) is 7.05 Å². The van der Waals surface area contributed by atoms with E-state index in [9.17, 15) is 31.2 Å². The molecule has 1 aromatic carbocycles. The number of ether oxygens (including phenoxy) is 1. The van der Waals surface area contributed by atoms with Gasteiger partial charge in [0.25, 0.3) is 10.0 Å². The number of hydrogen-bond acceptors (Lipinski definition) is 6. The van der Waals surface area contributed by atoms with Gasteiger partial charge in [-0.05, 0) is 12.1 Å². The van der Waals surface area contributed by atoms with E-state index < -0.39 is 38.8 Å². The summed E-state index contributed by atoms with van der Waals surface area (Å²) in [4.78, 5) is 22.4. The molecule has 1 heterocycles. The van der Waals surface area contributed by atoms with Crippen molar-refractivity contribution in [1.29, 1.82) is 0 Å². The fourth-order valence-corrected chi connectivity index (χ4v) is 2.67. The zero-order chi connectivity index (χ0) is 18.1. The summed E-state index contributed by atoms with van der Waals surface area (Å²) >= 11 is 0. The largest absolute Gasteiger partial charge is 0.573 e. The highest BCUT2D eigenvalue weighted by Crippen LogP contribution is 2.29. The van der Waals surface area contributed by atoms with Gasteiger partial charge in [0.15, 0.2) is 0 Å². The third-order valence-corrected chi connectivity index (χ3v) is 3.96. The van der Waals surface area contributed by atoms with Gasteiger partial charge in [-0.3, -0.25) is 4.57 Å². The molecule has 0 atom stereocenters. The Hall–Kier alpha value is -2.83. The van der Waals surface area contributed by atoms with Crippen molar-refractivity contribution in [2.75, 3.05) is 0 Å². The first kappa shape index (κ1) is 17.5. The van der Waals surface area contributed by atoms with Gasteiger partial charge in [-0.25, -0.2) is 22.7 Å². The van der Waals surface area contributed by atoms with E-state index in [2.05, 4.69) is 9.84 Å². The van der Waals surface area contributed by atoms with Gasteiger partial charge in [-0.15, -0.1) is 23.0 Å². The van der Waals surface area contributed by atoms with Crippen molar-refractivity contribution in [2.45, 2.75) is 11.3 Å². The molecule has 0 bridgehead atoms. The van der Waals surface area contributed by atoms with E-state index in [1.54, 1.807) is 0 Å². The van der Waals surface area contributed by atoms with Gasteiger partial charge in [-0.1, -0.05) is 12.1 Å². The number of nitrogens with one attached hydrogen (secondary N) is 1. The Balaban J connectivity index is 2.36. The van der Waals surface area contributed by atoms with E-state index in [0.29, 0.717) is 0 Å². The highest BCUT2D eigenvalue weighted by Gasteiger charge is 2.34. The SMILES string of the molecule is Cn1cnn(C(=O)NS(=O)(=O)c2ccccc2OC(F)(F)F)c1=O. The second-order valence-corrected chi connectivity index (χ2v) is 5.99. The first-order chi connectivity index (χ1) is 11.0. The molecule has 0 saturated carbocycles. The highest BCUT2D eigenvalue weighted by atomic mass is 32.2. The second kappa shape index (κ2) is 5.99. The average molecular weight is 366 g/mol. The lowest BCUT2D eigenvalue weighted by Crippen LogP contribution is -2.40. The molecule has 130 valence electrons. The van der Waals surface area contributed by atoms with Crippen LogP contribution in [0.15, 0.2) is 40.3 Å². The molecule has 0 fully saturated rings. The van der Waals surface area contributed by atoms with Crippen LogP contribution in [0.25, 0.3) is 0 Å². The van der Waals surface area contributed by atoms with E-state index in [-0.39, 0.29) is 4.68 Å². The van der Waals surface area contributed by atoms with Crippen LogP contribution in [0.4, 0.5) is 18.0 Å². The van der Waals surface area contributed by atoms with E-state index in [0.717, 1.165) is 35.2 Å². The summed E-state index contributed by atoms with van der Waals surface area (Å²) in [5, 5.41) is 3.35. The van der Waals surface area contributed by atoms with E-state index in [1.165, 1.54) is 11.8 Å². The number of aryl methyl sites for hydroxylation is 1. The van der Waals surface area contributed by atoms with Gasteiger partial charge in [0.05, 0.1) is 0 Å². The average Bonchev–Trinajstić information content (AvgIpc) is 2.77. The summed E-state index contributed by atoms with van der Waals surface area (Å²) in [5.74, 6) is -1.03. The minimum atomic E-state index is -5.13. The van der Waals surface area contributed by atoms with Crippen molar-refractivity contribution in [3.8, 4) is 5.75 Å². The molecule has 0 aliphatic heterocycles. The Morgan fingerprint density at radius 3 is 2.46 bits per heavy atom. The molecule has 2 aromatic rings. The molecule has 1 N–H and O–H groups in total. The van der Waals surface area contributed by atoms with Crippen LogP contribution in [0.5, 0.6) is 5.75 Å². The van der Waals surface area contributed by atoms with Crippen LogP contribution in [-0.4, -0.2) is 35.2 Å². The van der Waals surface area contributed by atoms with Crippen molar-refractivity contribution in [3.63, 3.8) is 0 Å². The fraction of sp³-hybridized carbons (Fsp3) is 0.182. The third kappa shape index (κ3) is 3.73. The van der Waals surface area contributed by atoms with Gasteiger partial charge >= 0.3 is 18.1 Å². The van der Waals surface area contributed by atoms with Crippen molar-refractivity contribution in [3.05, 3.63) is 41.1 Å². The molecular formula is C11H9F3N4O5S. The molecule has 0 radical (unpaired) electrons. The molecule has 1 aromatic heterocycles. The Labute approximate surface area is 132 Å². The molecule has 13 heteroatoms. The lowest BCUT2D eigenvalue weighted by Gasteiger charge is -2.13. The highest BCUT2D eigenvalue weighted by molar-refractivity contribution is 7.90. The summed E-state index contributed by atoms with van der Waals surface area (Å²) in [5.41, 5.74) is -0.942. The van der Waals surface area contributed by atoms with Gasteiger partial charge < -0.3 is 4.74 Å². The molecule has 1 amide bonds. The van der Waals surface area contributed by atoms with Crippen LogP contribution in [0.2, 0.25) is 0 Å². The summed E-state index contributed by atoms with van der Waals surface area (Å²) in [6.45, 7) is 0. The number of para-hydroxylation sites is 1. The zero-order valence-corrected chi connectivity index (χ0v) is 12.6. The minimum absolute atomic E-state index is 0.199. The maximum Gasteiger partial charge on any atom is 0.573 e.